The van der Waals surface area contributed by atoms with Gasteiger partial charge in [0.2, 0.25) is 11.8 Å². The van der Waals surface area contributed by atoms with Gasteiger partial charge in [-0.05, 0) is 6.92 Å². The molecule has 0 N–H and O–H groups in total. The summed E-state index contributed by atoms with van der Waals surface area (Å²) in [5.41, 5.74) is 0. The van der Waals surface area contributed by atoms with Gasteiger partial charge < -0.3 is 9.80 Å². The molecule has 1 fully saturated rings. The third kappa shape index (κ3) is 1.57. The van der Waals surface area contributed by atoms with Crippen molar-refractivity contribution in [1.82, 2.24) is 9.80 Å². The second-order valence-electron chi connectivity index (χ2n) is 2.84. The van der Waals surface area contributed by atoms with Gasteiger partial charge in [0.05, 0.1) is 6.67 Å². The van der Waals surface area contributed by atoms with E-state index in [1.54, 1.807) is 16.7 Å². The highest BCUT2D eigenvalue weighted by Crippen LogP contribution is 2.06. The smallest absolute Gasteiger partial charge is 0.243 e. The summed E-state index contributed by atoms with van der Waals surface area (Å²) in [5.74, 6) is 0.110. The van der Waals surface area contributed by atoms with E-state index in [0.29, 0.717) is 19.6 Å². The van der Waals surface area contributed by atoms with Gasteiger partial charge in [-0.2, -0.15) is 0 Å². The van der Waals surface area contributed by atoms with Gasteiger partial charge in [0.25, 0.3) is 0 Å². The fourth-order valence-corrected chi connectivity index (χ4v) is 1.27. The van der Waals surface area contributed by atoms with Crippen LogP contribution in [0.2, 0.25) is 0 Å². The fraction of sp³-hybridized carbons (Fsp3) is 0.750. The van der Waals surface area contributed by atoms with Crippen molar-refractivity contribution in [3.8, 4) is 0 Å². The van der Waals surface area contributed by atoms with Gasteiger partial charge in [0, 0.05) is 13.0 Å². The van der Waals surface area contributed by atoms with Gasteiger partial charge in [0.1, 0.15) is 6.54 Å². The predicted molar refractivity (Wildman–Crippen MR) is 44.3 cm³/mol. The topological polar surface area (TPSA) is 40.6 Å². The van der Waals surface area contributed by atoms with Crippen molar-refractivity contribution in [2.75, 3.05) is 19.8 Å². The molecule has 1 saturated heterocycles. The predicted octanol–water partition coefficient (Wildman–Crippen LogP) is 0.0446. The zero-order valence-corrected chi connectivity index (χ0v) is 7.54. The minimum absolute atomic E-state index is 0.0549. The summed E-state index contributed by atoms with van der Waals surface area (Å²) in [6, 6.07) is 0. The SMILES string of the molecule is CCC(=O)N1CC(=O)N(CC)C1. The average Bonchev–Trinajstić information content (AvgIpc) is 2.45. The van der Waals surface area contributed by atoms with Crippen LogP contribution in [0.15, 0.2) is 0 Å². The van der Waals surface area contributed by atoms with Crippen molar-refractivity contribution in [3.63, 3.8) is 0 Å². The van der Waals surface area contributed by atoms with Gasteiger partial charge >= 0.3 is 0 Å². The summed E-state index contributed by atoms with van der Waals surface area (Å²) in [6.45, 7) is 5.15. The molecule has 68 valence electrons. The van der Waals surface area contributed by atoms with Crippen LogP contribution in [0.5, 0.6) is 0 Å². The van der Waals surface area contributed by atoms with Crippen LogP contribution in [0.25, 0.3) is 0 Å². The number of nitrogens with zero attached hydrogens (tertiary/aromatic N) is 2. The molecule has 0 bridgehead atoms. The summed E-state index contributed by atoms with van der Waals surface area (Å²) < 4.78 is 0. The van der Waals surface area contributed by atoms with Crippen LogP contribution in [-0.4, -0.2) is 41.4 Å². The highest BCUT2D eigenvalue weighted by atomic mass is 16.2. The van der Waals surface area contributed by atoms with Crippen molar-refractivity contribution in [2.45, 2.75) is 20.3 Å². The Hall–Kier alpha value is -1.06. The molecule has 0 spiro atoms. The van der Waals surface area contributed by atoms with Crippen LogP contribution >= 0.6 is 0 Å². The third-order valence-electron chi connectivity index (χ3n) is 2.06. The van der Waals surface area contributed by atoms with Crippen molar-refractivity contribution < 1.29 is 9.59 Å². The van der Waals surface area contributed by atoms with Crippen molar-refractivity contribution in [1.29, 1.82) is 0 Å². The second-order valence-corrected chi connectivity index (χ2v) is 2.84. The number of hydrogen-bond donors (Lipinski definition) is 0. The van der Waals surface area contributed by atoms with Crippen molar-refractivity contribution in [2.24, 2.45) is 0 Å². The maximum absolute atomic E-state index is 11.2. The van der Waals surface area contributed by atoms with E-state index in [9.17, 15) is 9.59 Å². The minimum atomic E-state index is 0.0549. The van der Waals surface area contributed by atoms with E-state index in [4.69, 9.17) is 0 Å². The Morgan fingerprint density at radius 2 is 2.17 bits per heavy atom. The first-order valence-corrected chi connectivity index (χ1v) is 4.24. The van der Waals surface area contributed by atoms with Crippen molar-refractivity contribution >= 4 is 11.8 Å². The molecule has 1 aliphatic rings. The van der Waals surface area contributed by atoms with Crippen LogP contribution in [0.3, 0.4) is 0 Å². The first-order chi connectivity index (χ1) is 5.69. The second kappa shape index (κ2) is 3.56. The molecule has 0 saturated carbocycles. The number of hydrogen-bond acceptors (Lipinski definition) is 2. The lowest BCUT2D eigenvalue weighted by Crippen LogP contribution is -2.30. The van der Waals surface area contributed by atoms with E-state index in [-0.39, 0.29) is 18.4 Å². The van der Waals surface area contributed by atoms with Crippen LogP contribution in [0, 0.1) is 0 Å². The lowest BCUT2D eigenvalue weighted by molar-refractivity contribution is -0.131. The Morgan fingerprint density at radius 3 is 2.58 bits per heavy atom. The molecule has 0 aromatic heterocycles. The Morgan fingerprint density at radius 1 is 1.50 bits per heavy atom. The van der Waals surface area contributed by atoms with E-state index in [1.165, 1.54) is 0 Å². The molecule has 2 amide bonds. The normalized spacial score (nSPS) is 17.3. The molecular weight excluding hydrogens is 156 g/mol. The molecule has 0 aliphatic carbocycles. The monoisotopic (exact) mass is 170 g/mol. The summed E-state index contributed by atoms with van der Waals surface area (Å²) in [4.78, 5) is 25.6. The van der Waals surface area contributed by atoms with E-state index < -0.39 is 0 Å². The van der Waals surface area contributed by atoms with Crippen LogP contribution in [0.1, 0.15) is 20.3 Å². The van der Waals surface area contributed by atoms with E-state index in [1.807, 2.05) is 6.92 Å². The zero-order chi connectivity index (χ0) is 9.14. The maximum atomic E-state index is 11.2. The fourth-order valence-electron chi connectivity index (χ4n) is 1.27. The molecular formula is C8H14N2O2. The van der Waals surface area contributed by atoms with Gasteiger partial charge in [-0.25, -0.2) is 0 Å². The first kappa shape index (κ1) is 9.03. The molecule has 4 nitrogen and oxygen atoms in total. The first-order valence-electron chi connectivity index (χ1n) is 4.24. The Balaban J connectivity index is 2.54. The van der Waals surface area contributed by atoms with Crippen LogP contribution < -0.4 is 0 Å². The standard InChI is InChI=1S/C8H14N2O2/c1-3-7(11)10-5-8(12)9(4-2)6-10/h3-6H2,1-2H3. The molecule has 0 radical (unpaired) electrons. The number of amides is 2. The molecule has 1 heterocycles. The Kier molecular flexibility index (Phi) is 2.68. The number of likely N-dealkylation sites (N-methyl/N-ethyl adjacent to an activating group) is 1. The van der Waals surface area contributed by atoms with Gasteiger partial charge in [-0.1, -0.05) is 6.92 Å². The molecule has 1 rings (SSSR count). The Labute approximate surface area is 72.1 Å². The Bertz CT molecular complexity index is 201. The molecule has 0 aromatic rings. The van der Waals surface area contributed by atoms with E-state index in [2.05, 4.69) is 0 Å². The van der Waals surface area contributed by atoms with Crippen LogP contribution in [0.4, 0.5) is 0 Å². The summed E-state index contributed by atoms with van der Waals surface area (Å²) >= 11 is 0. The molecule has 1 aliphatic heterocycles. The largest absolute Gasteiger partial charge is 0.324 e. The quantitative estimate of drug-likeness (QED) is 0.587. The highest BCUT2D eigenvalue weighted by molar-refractivity contribution is 5.87. The van der Waals surface area contributed by atoms with Gasteiger partial charge in [0.15, 0.2) is 0 Å². The zero-order valence-electron chi connectivity index (χ0n) is 7.54. The molecule has 4 heteroatoms. The lowest BCUT2D eigenvalue weighted by atomic mass is 10.4. The summed E-state index contributed by atoms with van der Waals surface area (Å²) in [6.07, 6.45) is 0.477. The molecule has 0 unspecified atom stereocenters. The molecule has 0 aromatic carbocycles. The van der Waals surface area contributed by atoms with Gasteiger partial charge in [-0.15, -0.1) is 0 Å². The maximum Gasteiger partial charge on any atom is 0.243 e. The average molecular weight is 170 g/mol. The third-order valence-corrected chi connectivity index (χ3v) is 2.06. The van der Waals surface area contributed by atoms with E-state index in [0.717, 1.165) is 0 Å². The number of carbonyl (C=O) groups is 2. The molecule has 12 heavy (non-hydrogen) atoms. The summed E-state index contributed by atoms with van der Waals surface area (Å²) in [7, 11) is 0. The number of carbonyl (C=O) groups excluding carboxylic acids is 2. The van der Waals surface area contributed by atoms with E-state index >= 15 is 0 Å². The highest BCUT2D eigenvalue weighted by Gasteiger charge is 2.28. The van der Waals surface area contributed by atoms with Crippen molar-refractivity contribution in [3.05, 3.63) is 0 Å². The van der Waals surface area contributed by atoms with Crippen LogP contribution in [-0.2, 0) is 9.59 Å². The minimum Gasteiger partial charge on any atom is -0.324 e. The number of rotatable bonds is 2. The van der Waals surface area contributed by atoms with Gasteiger partial charge in [-0.3, -0.25) is 9.59 Å². The molecule has 0 atom stereocenters. The lowest BCUT2D eigenvalue weighted by Gasteiger charge is -2.15. The summed E-state index contributed by atoms with van der Waals surface area (Å²) in [5, 5.41) is 0.